The second-order valence-corrected chi connectivity index (χ2v) is 8.37. The first kappa shape index (κ1) is 21.1. The second-order valence-electron chi connectivity index (χ2n) is 6.83. The van der Waals surface area contributed by atoms with Gasteiger partial charge in [-0.15, -0.1) is 11.3 Å². The topological polar surface area (TPSA) is 79.2 Å². The van der Waals surface area contributed by atoms with Crippen molar-refractivity contribution in [2.45, 2.75) is 39.0 Å². The minimum absolute atomic E-state index is 0.0541. The molecular formula is C22H21ClN2O3S. The van der Waals surface area contributed by atoms with Crippen LogP contribution in [0.2, 0.25) is 5.02 Å². The molecule has 1 unspecified atom stereocenters. The third-order valence-corrected chi connectivity index (χ3v) is 6.24. The monoisotopic (exact) mass is 428 g/mol. The molecule has 1 aliphatic carbocycles. The number of aryl methyl sites for hydroxylation is 1. The van der Waals surface area contributed by atoms with Crippen LogP contribution in [0.15, 0.2) is 29.8 Å². The van der Waals surface area contributed by atoms with Gasteiger partial charge in [0.1, 0.15) is 16.6 Å². The third-order valence-electron chi connectivity index (χ3n) is 4.81. The SMILES string of the molecule is CCOC(=O)c1c(NC(=O)/C(C#N)=C/c2ccc(Cl)cc2)sc2c1C(C)CCC2. The number of benzene rings is 1. The number of amides is 1. The summed E-state index contributed by atoms with van der Waals surface area (Å²) in [6.07, 6.45) is 4.40. The van der Waals surface area contributed by atoms with E-state index in [1.54, 1.807) is 31.2 Å². The van der Waals surface area contributed by atoms with E-state index in [4.69, 9.17) is 16.3 Å². The van der Waals surface area contributed by atoms with Crippen LogP contribution >= 0.6 is 22.9 Å². The van der Waals surface area contributed by atoms with Gasteiger partial charge in [-0.05, 0) is 61.4 Å². The zero-order valence-corrected chi connectivity index (χ0v) is 17.8. The van der Waals surface area contributed by atoms with Crippen LogP contribution in [0.3, 0.4) is 0 Å². The number of ether oxygens (including phenoxy) is 1. The number of hydrogen-bond acceptors (Lipinski definition) is 5. The number of anilines is 1. The van der Waals surface area contributed by atoms with Crippen LogP contribution < -0.4 is 5.32 Å². The fourth-order valence-electron chi connectivity index (χ4n) is 3.45. The van der Waals surface area contributed by atoms with E-state index in [1.165, 1.54) is 17.4 Å². The number of rotatable bonds is 5. The van der Waals surface area contributed by atoms with Crippen molar-refractivity contribution in [3.63, 3.8) is 0 Å². The molecule has 3 rings (SSSR count). The second kappa shape index (κ2) is 9.25. The Morgan fingerprint density at radius 1 is 1.38 bits per heavy atom. The van der Waals surface area contributed by atoms with E-state index in [0.717, 1.165) is 29.7 Å². The molecule has 1 aliphatic rings. The van der Waals surface area contributed by atoms with Crippen molar-refractivity contribution in [3.8, 4) is 6.07 Å². The zero-order chi connectivity index (χ0) is 21.0. The summed E-state index contributed by atoms with van der Waals surface area (Å²) < 4.78 is 5.24. The lowest BCUT2D eigenvalue weighted by atomic mass is 9.86. The lowest BCUT2D eigenvalue weighted by Crippen LogP contribution is -2.17. The average Bonchev–Trinajstić information content (AvgIpc) is 3.07. The van der Waals surface area contributed by atoms with Crippen molar-refractivity contribution in [3.05, 3.63) is 56.4 Å². The van der Waals surface area contributed by atoms with Gasteiger partial charge in [0.25, 0.3) is 5.91 Å². The molecule has 0 saturated heterocycles. The Morgan fingerprint density at radius 2 is 2.10 bits per heavy atom. The molecule has 0 fully saturated rings. The van der Waals surface area contributed by atoms with Crippen molar-refractivity contribution in [2.75, 3.05) is 11.9 Å². The molecule has 1 aromatic heterocycles. The van der Waals surface area contributed by atoms with E-state index in [2.05, 4.69) is 12.2 Å². The van der Waals surface area contributed by atoms with Gasteiger partial charge in [0.2, 0.25) is 0 Å². The molecule has 1 heterocycles. The largest absolute Gasteiger partial charge is 0.462 e. The molecule has 1 aromatic carbocycles. The molecule has 1 N–H and O–H groups in total. The number of carbonyl (C=O) groups excluding carboxylic acids is 2. The van der Waals surface area contributed by atoms with Crippen LogP contribution in [-0.2, 0) is 16.0 Å². The van der Waals surface area contributed by atoms with Gasteiger partial charge >= 0.3 is 5.97 Å². The number of esters is 1. The number of nitrogens with one attached hydrogen (secondary N) is 1. The summed E-state index contributed by atoms with van der Waals surface area (Å²) in [7, 11) is 0. The Balaban J connectivity index is 1.94. The smallest absolute Gasteiger partial charge is 0.341 e. The normalized spacial score (nSPS) is 15.9. The van der Waals surface area contributed by atoms with Gasteiger partial charge in [0.15, 0.2) is 0 Å². The average molecular weight is 429 g/mol. The molecule has 0 radical (unpaired) electrons. The third kappa shape index (κ3) is 4.69. The molecule has 0 bridgehead atoms. The predicted molar refractivity (Wildman–Crippen MR) is 115 cm³/mol. The summed E-state index contributed by atoms with van der Waals surface area (Å²) in [5.74, 6) is -0.770. The van der Waals surface area contributed by atoms with Crippen LogP contribution in [-0.4, -0.2) is 18.5 Å². The lowest BCUT2D eigenvalue weighted by Gasteiger charge is -2.19. The van der Waals surface area contributed by atoms with Gasteiger partial charge in [-0.1, -0.05) is 30.7 Å². The highest BCUT2D eigenvalue weighted by molar-refractivity contribution is 7.17. The zero-order valence-electron chi connectivity index (χ0n) is 16.3. The Kier molecular flexibility index (Phi) is 6.73. The number of nitrogens with zero attached hydrogens (tertiary/aromatic N) is 1. The Morgan fingerprint density at radius 3 is 2.76 bits per heavy atom. The quantitative estimate of drug-likeness (QED) is 0.384. The summed E-state index contributed by atoms with van der Waals surface area (Å²) in [6.45, 7) is 4.09. The number of fused-ring (bicyclic) bond motifs is 1. The number of nitriles is 1. The van der Waals surface area contributed by atoms with Crippen molar-refractivity contribution >= 4 is 45.9 Å². The van der Waals surface area contributed by atoms with E-state index in [1.807, 2.05) is 6.07 Å². The van der Waals surface area contributed by atoms with Crippen molar-refractivity contribution in [2.24, 2.45) is 0 Å². The fourth-order valence-corrected chi connectivity index (χ4v) is 4.92. The summed E-state index contributed by atoms with van der Waals surface area (Å²) in [5, 5.41) is 13.3. The first-order chi connectivity index (χ1) is 13.9. The summed E-state index contributed by atoms with van der Waals surface area (Å²) in [6, 6.07) is 8.76. The molecule has 1 atom stereocenters. The first-order valence-corrected chi connectivity index (χ1v) is 10.6. The highest BCUT2D eigenvalue weighted by Gasteiger charge is 2.31. The van der Waals surface area contributed by atoms with Gasteiger partial charge in [-0.2, -0.15) is 5.26 Å². The van der Waals surface area contributed by atoms with Crippen molar-refractivity contribution < 1.29 is 14.3 Å². The predicted octanol–water partition coefficient (Wildman–Crippen LogP) is 5.56. The maximum Gasteiger partial charge on any atom is 0.341 e. The van der Waals surface area contributed by atoms with Gasteiger partial charge in [0.05, 0.1) is 12.2 Å². The van der Waals surface area contributed by atoms with Crippen LogP contribution in [0.5, 0.6) is 0 Å². The van der Waals surface area contributed by atoms with Gasteiger partial charge < -0.3 is 10.1 Å². The number of hydrogen-bond donors (Lipinski definition) is 1. The van der Waals surface area contributed by atoms with Crippen molar-refractivity contribution in [1.82, 2.24) is 0 Å². The molecule has 29 heavy (non-hydrogen) atoms. The van der Waals surface area contributed by atoms with Crippen LogP contribution in [0, 0.1) is 11.3 Å². The molecule has 0 spiro atoms. The highest BCUT2D eigenvalue weighted by Crippen LogP contribution is 2.43. The van der Waals surface area contributed by atoms with E-state index in [9.17, 15) is 14.9 Å². The van der Waals surface area contributed by atoms with Crippen LogP contribution in [0.25, 0.3) is 6.08 Å². The highest BCUT2D eigenvalue weighted by atomic mass is 35.5. The number of carbonyl (C=O) groups is 2. The van der Waals surface area contributed by atoms with E-state index in [-0.39, 0.29) is 18.1 Å². The van der Waals surface area contributed by atoms with E-state index in [0.29, 0.717) is 21.2 Å². The van der Waals surface area contributed by atoms with Crippen molar-refractivity contribution in [1.29, 1.82) is 5.26 Å². The van der Waals surface area contributed by atoms with E-state index >= 15 is 0 Å². The molecular weight excluding hydrogens is 408 g/mol. The Labute approximate surface area is 178 Å². The minimum Gasteiger partial charge on any atom is -0.462 e. The maximum absolute atomic E-state index is 12.8. The molecule has 0 aliphatic heterocycles. The Hall–Kier alpha value is -2.62. The molecule has 5 nitrogen and oxygen atoms in total. The molecule has 1 amide bonds. The number of halogens is 1. The minimum atomic E-state index is -0.556. The molecule has 2 aromatic rings. The molecule has 0 saturated carbocycles. The summed E-state index contributed by atoms with van der Waals surface area (Å²) in [5.41, 5.74) is 2.03. The standard InChI is InChI=1S/C22H21ClN2O3S/c1-3-28-22(27)19-18-13(2)5-4-6-17(18)29-21(19)25-20(26)15(12-24)11-14-7-9-16(23)10-8-14/h7-11,13H,3-6H2,1-2H3,(H,25,26)/b15-11+. The fraction of sp³-hybridized carbons (Fsp3) is 0.318. The first-order valence-electron chi connectivity index (χ1n) is 9.46. The summed E-state index contributed by atoms with van der Waals surface area (Å²) in [4.78, 5) is 26.5. The van der Waals surface area contributed by atoms with Crippen LogP contribution in [0.4, 0.5) is 5.00 Å². The van der Waals surface area contributed by atoms with Crippen LogP contribution in [0.1, 0.15) is 59.0 Å². The Bertz CT molecular complexity index is 1000. The van der Waals surface area contributed by atoms with Gasteiger partial charge in [-0.25, -0.2) is 4.79 Å². The molecule has 7 heteroatoms. The van der Waals surface area contributed by atoms with E-state index < -0.39 is 11.9 Å². The molecule has 150 valence electrons. The van der Waals surface area contributed by atoms with Gasteiger partial charge in [0, 0.05) is 9.90 Å². The number of thiophene rings is 1. The lowest BCUT2D eigenvalue weighted by molar-refractivity contribution is -0.112. The van der Waals surface area contributed by atoms with Gasteiger partial charge in [-0.3, -0.25) is 4.79 Å². The maximum atomic E-state index is 12.8. The summed E-state index contributed by atoms with van der Waals surface area (Å²) >= 11 is 7.28.